The molecule has 3 aromatic heterocycles. The van der Waals surface area contributed by atoms with Gasteiger partial charge < -0.3 is 4.90 Å². The van der Waals surface area contributed by atoms with Crippen molar-refractivity contribution < 1.29 is 0 Å². The van der Waals surface area contributed by atoms with Gasteiger partial charge in [-0.25, -0.2) is 4.98 Å². The molecule has 136 valence electrons. The largest absolute Gasteiger partial charge is 0.355 e. The number of piperidine rings is 1. The van der Waals surface area contributed by atoms with Crippen molar-refractivity contribution >= 4 is 11.5 Å². The minimum absolute atomic E-state index is 0.00318. The van der Waals surface area contributed by atoms with Crippen molar-refractivity contribution in [1.82, 2.24) is 29.8 Å². The van der Waals surface area contributed by atoms with Crippen LogP contribution < -0.4 is 4.90 Å². The molecule has 0 spiro atoms. The van der Waals surface area contributed by atoms with Gasteiger partial charge in [-0.3, -0.25) is 4.98 Å². The lowest BCUT2D eigenvalue weighted by atomic mass is 9.92. The van der Waals surface area contributed by atoms with Crippen LogP contribution in [-0.4, -0.2) is 42.9 Å². The summed E-state index contributed by atoms with van der Waals surface area (Å²) in [7, 11) is 0. The van der Waals surface area contributed by atoms with Crippen LogP contribution in [0, 0.1) is 6.92 Å². The van der Waals surface area contributed by atoms with Gasteiger partial charge >= 0.3 is 0 Å². The van der Waals surface area contributed by atoms with Crippen molar-refractivity contribution in [2.45, 2.75) is 51.9 Å². The summed E-state index contributed by atoms with van der Waals surface area (Å²) < 4.78 is 1.94. The highest BCUT2D eigenvalue weighted by molar-refractivity contribution is 5.39. The monoisotopic (exact) mass is 351 g/mol. The van der Waals surface area contributed by atoms with E-state index < -0.39 is 0 Å². The van der Waals surface area contributed by atoms with Gasteiger partial charge in [0.05, 0.1) is 23.8 Å². The first-order valence-electron chi connectivity index (χ1n) is 9.18. The molecule has 7 heteroatoms. The van der Waals surface area contributed by atoms with Crippen LogP contribution in [0.3, 0.4) is 0 Å². The van der Waals surface area contributed by atoms with E-state index in [1.807, 2.05) is 36.0 Å². The summed E-state index contributed by atoms with van der Waals surface area (Å²) in [6.45, 7) is 10.4. The number of hydrogen-bond donors (Lipinski definition) is 0. The number of rotatable bonds is 2. The summed E-state index contributed by atoms with van der Waals surface area (Å²) >= 11 is 0. The van der Waals surface area contributed by atoms with Crippen LogP contribution in [0.2, 0.25) is 0 Å². The minimum atomic E-state index is 0.00318. The summed E-state index contributed by atoms with van der Waals surface area (Å²) in [5.74, 6) is 2.29. The maximum atomic E-state index is 4.82. The van der Waals surface area contributed by atoms with Crippen molar-refractivity contribution in [3.63, 3.8) is 0 Å². The van der Waals surface area contributed by atoms with E-state index in [9.17, 15) is 0 Å². The van der Waals surface area contributed by atoms with Gasteiger partial charge in [0.1, 0.15) is 5.82 Å². The normalized spacial score (nSPS) is 16.4. The Kier molecular flexibility index (Phi) is 4.09. The summed E-state index contributed by atoms with van der Waals surface area (Å²) in [4.78, 5) is 11.1. The number of hydrogen-bond acceptors (Lipinski definition) is 6. The molecule has 0 unspecified atom stereocenters. The third-order valence-electron chi connectivity index (χ3n) is 5.01. The maximum Gasteiger partial charge on any atom is 0.177 e. The maximum absolute atomic E-state index is 4.82. The Balaban J connectivity index is 1.55. The molecule has 7 nitrogen and oxygen atoms in total. The molecule has 0 amide bonds. The first-order chi connectivity index (χ1) is 12.4. The molecule has 0 aliphatic carbocycles. The second kappa shape index (κ2) is 6.30. The summed E-state index contributed by atoms with van der Waals surface area (Å²) in [6, 6.07) is 4.06. The van der Waals surface area contributed by atoms with Crippen LogP contribution in [0.4, 0.5) is 5.82 Å². The van der Waals surface area contributed by atoms with Gasteiger partial charge in [0.15, 0.2) is 11.5 Å². The third-order valence-corrected chi connectivity index (χ3v) is 5.01. The van der Waals surface area contributed by atoms with E-state index in [-0.39, 0.29) is 5.41 Å². The van der Waals surface area contributed by atoms with Crippen molar-refractivity contribution in [3.8, 4) is 0 Å². The molecule has 0 N–H and O–H groups in total. The van der Waals surface area contributed by atoms with Gasteiger partial charge in [-0.15, -0.1) is 10.2 Å². The van der Waals surface area contributed by atoms with Crippen LogP contribution in [-0.2, 0) is 5.41 Å². The molecule has 3 aromatic rings. The number of aromatic nitrogens is 6. The molecule has 0 bridgehead atoms. The highest BCUT2D eigenvalue weighted by Gasteiger charge is 2.26. The second-order valence-electron chi connectivity index (χ2n) is 8.07. The number of fused-ring (bicyclic) bond motifs is 1. The van der Waals surface area contributed by atoms with Gasteiger partial charge in [-0.1, -0.05) is 20.8 Å². The lowest BCUT2D eigenvalue weighted by Gasteiger charge is -2.31. The van der Waals surface area contributed by atoms with Crippen LogP contribution in [0.15, 0.2) is 24.5 Å². The summed E-state index contributed by atoms with van der Waals surface area (Å²) in [6.07, 6.45) is 5.71. The Morgan fingerprint density at radius 2 is 1.77 bits per heavy atom. The van der Waals surface area contributed by atoms with E-state index in [1.54, 1.807) is 0 Å². The van der Waals surface area contributed by atoms with Crippen molar-refractivity contribution in [2.24, 2.45) is 0 Å². The molecule has 4 rings (SSSR count). The molecule has 1 aliphatic heterocycles. The predicted octanol–water partition coefficient (Wildman–Crippen LogP) is 2.90. The van der Waals surface area contributed by atoms with E-state index in [4.69, 9.17) is 5.10 Å². The molecule has 4 heterocycles. The van der Waals surface area contributed by atoms with Crippen LogP contribution >= 0.6 is 0 Å². The minimum Gasteiger partial charge on any atom is -0.355 e. The van der Waals surface area contributed by atoms with E-state index in [2.05, 4.69) is 45.8 Å². The van der Waals surface area contributed by atoms with E-state index in [1.165, 1.54) is 0 Å². The highest BCUT2D eigenvalue weighted by atomic mass is 15.4. The quantitative estimate of drug-likeness (QED) is 0.707. The van der Waals surface area contributed by atoms with Gasteiger partial charge in [0.2, 0.25) is 0 Å². The van der Waals surface area contributed by atoms with E-state index in [0.717, 1.165) is 54.6 Å². The number of nitrogens with zero attached hydrogens (tertiary/aromatic N) is 7. The molecule has 0 atom stereocenters. The average molecular weight is 351 g/mol. The Labute approximate surface area is 153 Å². The topological polar surface area (TPSA) is 72.1 Å². The van der Waals surface area contributed by atoms with Crippen LogP contribution in [0.1, 0.15) is 56.7 Å². The lowest BCUT2D eigenvalue weighted by Crippen LogP contribution is -2.34. The highest BCUT2D eigenvalue weighted by Crippen LogP contribution is 2.29. The summed E-state index contributed by atoms with van der Waals surface area (Å²) in [5, 5.41) is 13.6. The van der Waals surface area contributed by atoms with E-state index in [0.29, 0.717) is 5.92 Å². The SMILES string of the molecule is Cc1cnc(N2CCC(c3nnc4ccc(C(C)(C)C)nn34)CC2)cn1. The molecule has 0 aromatic carbocycles. The number of anilines is 1. The molecular formula is C19H25N7. The predicted molar refractivity (Wildman–Crippen MR) is 100 cm³/mol. The molecule has 26 heavy (non-hydrogen) atoms. The molecule has 1 fully saturated rings. The van der Waals surface area contributed by atoms with E-state index >= 15 is 0 Å². The molecular weight excluding hydrogens is 326 g/mol. The fraction of sp³-hybridized carbons (Fsp3) is 0.526. The zero-order valence-corrected chi connectivity index (χ0v) is 15.8. The van der Waals surface area contributed by atoms with Gasteiger partial charge in [0, 0.05) is 24.4 Å². The lowest BCUT2D eigenvalue weighted by molar-refractivity contribution is 0.470. The summed E-state index contributed by atoms with van der Waals surface area (Å²) in [5.41, 5.74) is 2.82. The fourth-order valence-corrected chi connectivity index (χ4v) is 3.38. The third kappa shape index (κ3) is 3.13. The first-order valence-corrected chi connectivity index (χ1v) is 9.18. The van der Waals surface area contributed by atoms with Gasteiger partial charge in [-0.2, -0.15) is 9.61 Å². The standard InChI is InChI=1S/C19H25N7/c1-13-11-21-17(12-20-13)25-9-7-14(8-10-25)18-23-22-16-6-5-15(19(2,3)4)24-26(16)18/h5-6,11-12,14H,7-10H2,1-4H3. The Hall–Kier alpha value is -2.57. The first kappa shape index (κ1) is 16.9. The zero-order chi connectivity index (χ0) is 18.3. The second-order valence-corrected chi connectivity index (χ2v) is 8.07. The molecule has 1 saturated heterocycles. The average Bonchev–Trinajstić information content (AvgIpc) is 3.05. The molecule has 0 radical (unpaired) electrons. The zero-order valence-electron chi connectivity index (χ0n) is 15.8. The van der Waals surface area contributed by atoms with Gasteiger partial charge in [0.25, 0.3) is 0 Å². The Morgan fingerprint density at radius 1 is 1.00 bits per heavy atom. The van der Waals surface area contributed by atoms with Crippen molar-refractivity contribution in [3.05, 3.63) is 41.7 Å². The number of aryl methyl sites for hydroxylation is 1. The Morgan fingerprint density at radius 3 is 2.42 bits per heavy atom. The van der Waals surface area contributed by atoms with Crippen molar-refractivity contribution in [1.29, 1.82) is 0 Å². The van der Waals surface area contributed by atoms with Crippen molar-refractivity contribution in [2.75, 3.05) is 18.0 Å². The van der Waals surface area contributed by atoms with Crippen LogP contribution in [0.25, 0.3) is 5.65 Å². The smallest absolute Gasteiger partial charge is 0.177 e. The molecule has 1 aliphatic rings. The van der Waals surface area contributed by atoms with Gasteiger partial charge in [-0.05, 0) is 31.9 Å². The Bertz CT molecular complexity index is 900. The van der Waals surface area contributed by atoms with Crippen LogP contribution in [0.5, 0.6) is 0 Å². The fourth-order valence-electron chi connectivity index (χ4n) is 3.38. The molecule has 0 saturated carbocycles.